The summed E-state index contributed by atoms with van der Waals surface area (Å²) in [6.45, 7) is 3.02. The summed E-state index contributed by atoms with van der Waals surface area (Å²) in [5, 5.41) is 2.56. The van der Waals surface area contributed by atoms with E-state index < -0.39 is 23.2 Å². The number of hydrogen-bond donors (Lipinski definition) is 1. The first kappa shape index (κ1) is 17.2. The van der Waals surface area contributed by atoms with E-state index in [1.807, 2.05) is 0 Å². The van der Waals surface area contributed by atoms with Crippen molar-refractivity contribution in [3.8, 4) is 0 Å². The number of carbonyl (C=O) groups is 2. The lowest BCUT2D eigenvalue weighted by Crippen LogP contribution is -2.40. The van der Waals surface area contributed by atoms with Crippen LogP contribution in [0.15, 0.2) is 18.5 Å². The molecule has 1 aliphatic rings. The number of hydrogen-bond acceptors (Lipinski definition) is 3. The predicted molar refractivity (Wildman–Crippen MR) is 76.6 cm³/mol. The maximum absolute atomic E-state index is 12.9. The van der Waals surface area contributed by atoms with E-state index in [-0.39, 0.29) is 11.8 Å². The Morgan fingerprint density at radius 1 is 1.35 bits per heavy atom. The molecule has 2 rings (SSSR count). The summed E-state index contributed by atoms with van der Waals surface area (Å²) >= 11 is 0. The smallest absolute Gasteiger partial charge is 0.352 e. The summed E-state index contributed by atoms with van der Waals surface area (Å²) in [6.07, 6.45) is -1.35. The molecule has 126 valence electrons. The SMILES string of the molecule is CC(=O)N1CCC(CNC(=O)c2ccncc2C(F)(F)F)CC1. The van der Waals surface area contributed by atoms with Gasteiger partial charge in [-0.15, -0.1) is 0 Å². The van der Waals surface area contributed by atoms with Crippen LogP contribution in [0.5, 0.6) is 0 Å². The largest absolute Gasteiger partial charge is 0.418 e. The monoisotopic (exact) mass is 329 g/mol. The predicted octanol–water partition coefficient (Wildman–Crippen LogP) is 2.09. The second-order valence-electron chi connectivity index (χ2n) is 5.58. The maximum Gasteiger partial charge on any atom is 0.418 e. The number of aromatic nitrogens is 1. The number of nitrogens with one attached hydrogen (secondary N) is 1. The Kier molecular flexibility index (Phi) is 5.23. The van der Waals surface area contributed by atoms with Crippen molar-refractivity contribution >= 4 is 11.8 Å². The quantitative estimate of drug-likeness (QED) is 0.924. The van der Waals surface area contributed by atoms with E-state index in [2.05, 4.69) is 10.3 Å². The van der Waals surface area contributed by atoms with Crippen LogP contribution in [0.2, 0.25) is 0 Å². The van der Waals surface area contributed by atoms with Crippen LogP contribution in [0.25, 0.3) is 0 Å². The van der Waals surface area contributed by atoms with Crippen LogP contribution in [0, 0.1) is 5.92 Å². The van der Waals surface area contributed by atoms with Crippen LogP contribution in [0.1, 0.15) is 35.7 Å². The second-order valence-corrected chi connectivity index (χ2v) is 5.58. The number of pyridine rings is 1. The molecule has 0 saturated carbocycles. The Labute approximate surface area is 131 Å². The fourth-order valence-electron chi connectivity index (χ4n) is 2.60. The van der Waals surface area contributed by atoms with E-state index in [9.17, 15) is 22.8 Å². The molecule has 1 aromatic rings. The van der Waals surface area contributed by atoms with Gasteiger partial charge < -0.3 is 10.2 Å². The molecule has 1 saturated heterocycles. The number of halogens is 3. The number of alkyl halides is 3. The van der Waals surface area contributed by atoms with Crippen LogP contribution in [-0.4, -0.2) is 41.3 Å². The van der Waals surface area contributed by atoms with Crippen molar-refractivity contribution in [2.75, 3.05) is 19.6 Å². The molecule has 1 aliphatic heterocycles. The molecule has 1 N–H and O–H groups in total. The van der Waals surface area contributed by atoms with E-state index in [0.717, 1.165) is 25.1 Å². The minimum atomic E-state index is -4.62. The Hall–Kier alpha value is -2.12. The third-order valence-electron chi connectivity index (χ3n) is 3.98. The van der Waals surface area contributed by atoms with Crippen molar-refractivity contribution in [3.63, 3.8) is 0 Å². The molecule has 8 heteroatoms. The molecule has 23 heavy (non-hydrogen) atoms. The van der Waals surface area contributed by atoms with Crippen LogP contribution in [-0.2, 0) is 11.0 Å². The van der Waals surface area contributed by atoms with Crippen LogP contribution in [0.4, 0.5) is 13.2 Å². The van der Waals surface area contributed by atoms with Gasteiger partial charge >= 0.3 is 6.18 Å². The maximum atomic E-state index is 12.9. The standard InChI is InChI=1S/C15H18F3N3O2/c1-10(22)21-6-3-11(4-7-21)8-20-14(23)12-2-5-19-9-13(12)15(16,17)18/h2,5,9,11H,3-4,6-8H2,1H3,(H,20,23). The van der Waals surface area contributed by atoms with Crippen molar-refractivity contribution in [2.45, 2.75) is 25.9 Å². The topological polar surface area (TPSA) is 62.3 Å². The highest BCUT2D eigenvalue weighted by atomic mass is 19.4. The molecular formula is C15H18F3N3O2. The Morgan fingerprint density at radius 3 is 2.57 bits per heavy atom. The first-order chi connectivity index (χ1) is 10.8. The highest BCUT2D eigenvalue weighted by Gasteiger charge is 2.35. The zero-order valence-electron chi connectivity index (χ0n) is 12.7. The molecule has 0 aromatic carbocycles. The van der Waals surface area contributed by atoms with Crippen molar-refractivity contribution in [1.29, 1.82) is 0 Å². The number of amides is 2. The molecule has 0 spiro atoms. The third kappa shape index (κ3) is 4.43. The minimum absolute atomic E-state index is 0.0130. The van der Waals surface area contributed by atoms with E-state index in [4.69, 9.17) is 0 Å². The Bertz CT molecular complexity index is 582. The van der Waals surface area contributed by atoms with Crippen LogP contribution in [0.3, 0.4) is 0 Å². The lowest BCUT2D eigenvalue weighted by Gasteiger charge is -2.31. The number of likely N-dealkylation sites (tertiary alicyclic amines) is 1. The van der Waals surface area contributed by atoms with Gasteiger partial charge in [-0.2, -0.15) is 13.2 Å². The van der Waals surface area contributed by atoms with E-state index in [1.165, 1.54) is 6.92 Å². The normalized spacial score (nSPS) is 16.3. The molecule has 1 fully saturated rings. The van der Waals surface area contributed by atoms with Gasteiger partial charge in [0.2, 0.25) is 5.91 Å². The lowest BCUT2D eigenvalue weighted by molar-refractivity contribution is -0.138. The van der Waals surface area contributed by atoms with Gasteiger partial charge in [-0.3, -0.25) is 14.6 Å². The zero-order valence-corrected chi connectivity index (χ0v) is 12.7. The van der Waals surface area contributed by atoms with Crippen molar-refractivity contribution in [3.05, 3.63) is 29.6 Å². The van der Waals surface area contributed by atoms with Crippen molar-refractivity contribution in [2.24, 2.45) is 5.92 Å². The molecule has 0 radical (unpaired) electrons. The van der Waals surface area contributed by atoms with Gasteiger partial charge in [0, 0.05) is 39.0 Å². The number of rotatable bonds is 3. The molecule has 0 atom stereocenters. The number of nitrogens with zero attached hydrogens (tertiary/aromatic N) is 2. The van der Waals surface area contributed by atoms with E-state index in [0.29, 0.717) is 25.8 Å². The Morgan fingerprint density at radius 2 is 2.00 bits per heavy atom. The summed E-state index contributed by atoms with van der Waals surface area (Å²) in [7, 11) is 0. The first-order valence-electron chi connectivity index (χ1n) is 7.34. The summed E-state index contributed by atoms with van der Waals surface area (Å²) in [6, 6.07) is 1.07. The molecule has 1 aromatic heterocycles. The Balaban J connectivity index is 1.93. The molecular weight excluding hydrogens is 311 g/mol. The van der Waals surface area contributed by atoms with Gasteiger partial charge in [0.25, 0.3) is 5.91 Å². The molecule has 5 nitrogen and oxygen atoms in total. The van der Waals surface area contributed by atoms with Crippen molar-refractivity contribution in [1.82, 2.24) is 15.2 Å². The van der Waals surface area contributed by atoms with E-state index >= 15 is 0 Å². The van der Waals surface area contributed by atoms with Gasteiger partial charge in [0.15, 0.2) is 0 Å². The molecule has 2 heterocycles. The van der Waals surface area contributed by atoms with Gasteiger partial charge in [0.05, 0.1) is 11.1 Å². The minimum Gasteiger partial charge on any atom is -0.352 e. The number of carbonyl (C=O) groups excluding carboxylic acids is 2. The first-order valence-corrected chi connectivity index (χ1v) is 7.34. The lowest BCUT2D eigenvalue weighted by atomic mass is 9.96. The fourth-order valence-corrected chi connectivity index (χ4v) is 2.60. The molecule has 0 bridgehead atoms. The third-order valence-corrected chi connectivity index (χ3v) is 3.98. The van der Waals surface area contributed by atoms with Gasteiger partial charge in [-0.25, -0.2) is 0 Å². The van der Waals surface area contributed by atoms with Gasteiger partial charge in [0.1, 0.15) is 0 Å². The van der Waals surface area contributed by atoms with Crippen molar-refractivity contribution < 1.29 is 22.8 Å². The highest BCUT2D eigenvalue weighted by Crippen LogP contribution is 2.31. The van der Waals surface area contributed by atoms with Crippen LogP contribution >= 0.6 is 0 Å². The second kappa shape index (κ2) is 6.97. The summed E-state index contributed by atoms with van der Waals surface area (Å²) in [4.78, 5) is 28.4. The van der Waals surface area contributed by atoms with Gasteiger partial charge in [-0.05, 0) is 24.8 Å². The summed E-state index contributed by atoms with van der Waals surface area (Å²) < 4.78 is 38.6. The average Bonchev–Trinajstić information content (AvgIpc) is 2.52. The van der Waals surface area contributed by atoms with Gasteiger partial charge in [-0.1, -0.05) is 0 Å². The van der Waals surface area contributed by atoms with Crippen LogP contribution < -0.4 is 5.32 Å². The summed E-state index contributed by atoms with van der Waals surface area (Å²) in [5.41, 5.74) is -1.46. The molecule has 2 amide bonds. The summed E-state index contributed by atoms with van der Waals surface area (Å²) in [5.74, 6) is -0.585. The zero-order chi connectivity index (χ0) is 17.0. The highest BCUT2D eigenvalue weighted by molar-refractivity contribution is 5.95. The van der Waals surface area contributed by atoms with E-state index in [1.54, 1.807) is 4.90 Å². The average molecular weight is 329 g/mol. The number of piperidine rings is 1. The molecule has 0 unspecified atom stereocenters. The molecule has 0 aliphatic carbocycles. The fraction of sp³-hybridized carbons (Fsp3) is 0.533.